The zero-order valence-electron chi connectivity index (χ0n) is 13.3. The summed E-state index contributed by atoms with van der Waals surface area (Å²) in [5.41, 5.74) is -0.140. The lowest BCUT2D eigenvalue weighted by molar-refractivity contribution is -0.343. The highest BCUT2D eigenvalue weighted by molar-refractivity contribution is 5.02. The van der Waals surface area contributed by atoms with Crippen LogP contribution in [0.25, 0.3) is 0 Å². The van der Waals surface area contributed by atoms with Crippen molar-refractivity contribution in [2.75, 3.05) is 19.8 Å². The normalized spacial score (nSPS) is 32.2. The third-order valence-corrected chi connectivity index (χ3v) is 4.86. The van der Waals surface area contributed by atoms with E-state index in [1.807, 2.05) is 0 Å². The van der Waals surface area contributed by atoms with E-state index in [-0.39, 0.29) is 17.4 Å². The van der Waals surface area contributed by atoms with Crippen LogP contribution >= 0.6 is 0 Å². The fraction of sp³-hybridized carbons (Fsp3) is 0.882. The van der Waals surface area contributed by atoms with Crippen molar-refractivity contribution >= 4 is 0 Å². The van der Waals surface area contributed by atoms with E-state index < -0.39 is 5.79 Å². The summed E-state index contributed by atoms with van der Waals surface area (Å²) in [6.07, 6.45) is 10.4. The molecular weight excluding hydrogens is 252 g/mol. The number of ether oxygens (including phenoxy) is 2. The average molecular weight is 282 g/mol. The second-order valence-electron chi connectivity index (χ2n) is 7.20. The van der Waals surface area contributed by atoms with Gasteiger partial charge in [-0.1, -0.05) is 32.9 Å². The van der Waals surface area contributed by atoms with Crippen molar-refractivity contribution in [3.8, 4) is 0 Å². The summed E-state index contributed by atoms with van der Waals surface area (Å²) >= 11 is 0. The summed E-state index contributed by atoms with van der Waals surface area (Å²) < 4.78 is 12.4. The summed E-state index contributed by atoms with van der Waals surface area (Å²) in [5, 5.41) is 10.0. The maximum atomic E-state index is 10.0. The Morgan fingerprint density at radius 2 is 1.80 bits per heavy atom. The van der Waals surface area contributed by atoms with Gasteiger partial charge < -0.3 is 14.6 Å². The molecule has 1 N–H and O–H groups in total. The van der Waals surface area contributed by atoms with E-state index in [4.69, 9.17) is 9.47 Å². The van der Waals surface area contributed by atoms with Gasteiger partial charge in [-0.3, -0.25) is 0 Å². The first-order chi connectivity index (χ1) is 9.49. The number of aliphatic hydroxyl groups excluding tert-OH is 1. The van der Waals surface area contributed by atoms with Gasteiger partial charge in [-0.25, -0.2) is 0 Å². The second-order valence-corrected chi connectivity index (χ2v) is 7.20. The van der Waals surface area contributed by atoms with E-state index in [2.05, 4.69) is 32.9 Å². The van der Waals surface area contributed by atoms with Gasteiger partial charge in [0.2, 0.25) is 0 Å². The summed E-state index contributed by atoms with van der Waals surface area (Å²) in [6.45, 7) is 8.08. The molecule has 1 aliphatic carbocycles. The molecule has 1 aliphatic heterocycles. The van der Waals surface area contributed by atoms with Crippen LogP contribution in [0.2, 0.25) is 0 Å². The van der Waals surface area contributed by atoms with Crippen molar-refractivity contribution in [3.05, 3.63) is 12.2 Å². The van der Waals surface area contributed by atoms with E-state index in [1.54, 1.807) is 0 Å². The number of aliphatic hydroxyl groups is 1. The predicted octanol–water partition coefficient (Wildman–Crippen LogP) is 3.66. The van der Waals surface area contributed by atoms with Gasteiger partial charge >= 0.3 is 0 Å². The van der Waals surface area contributed by atoms with Crippen molar-refractivity contribution in [1.29, 1.82) is 0 Å². The molecule has 116 valence electrons. The average Bonchev–Trinajstić information content (AvgIpc) is 2.78. The minimum Gasteiger partial charge on any atom is -0.396 e. The van der Waals surface area contributed by atoms with Crippen molar-refractivity contribution in [2.24, 2.45) is 10.8 Å². The third-order valence-electron chi connectivity index (χ3n) is 4.86. The maximum absolute atomic E-state index is 10.0. The molecule has 0 bridgehead atoms. The highest BCUT2D eigenvalue weighted by Gasteiger charge is 2.58. The SMILES string of the molecule is CC/C=C/CC[C@]1(CO)CCCC12OCC(C)(C)CO2. The van der Waals surface area contributed by atoms with E-state index in [0.29, 0.717) is 0 Å². The summed E-state index contributed by atoms with van der Waals surface area (Å²) in [4.78, 5) is 0. The number of allylic oxidation sites excluding steroid dienone is 2. The second kappa shape index (κ2) is 6.17. The quantitative estimate of drug-likeness (QED) is 0.782. The molecule has 3 nitrogen and oxygen atoms in total. The van der Waals surface area contributed by atoms with Gasteiger partial charge in [-0.05, 0) is 32.1 Å². The van der Waals surface area contributed by atoms with Gasteiger partial charge in [0.25, 0.3) is 0 Å². The standard InChI is InChI=1S/C17H30O3/c1-4-5-6-7-9-16(12-18)10-8-11-17(16)19-13-15(2,3)14-20-17/h5-6,18H,4,7-14H2,1-3H3/b6-5+/t16-/m1/s1. The highest BCUT2D eigenvalue weighted by Crippen LogP contribution is 2.54. The molecule has 0 radical (unpaired) electrons. The zero-order chi connectivity index (χ0) is 14.7. The molecule has 1 saturated heterocycles. The van der Waals surface area contributed by atoms with E-state index in [0.717, 1.165) is 51.7 Å². The number of hydrogen-bond acceptors (Lipinski definition) is 3. The molecule has 2 aliphatic rings. The molecule has 20 heavy (non-hydrogen) atoms. The van der Waals surface area contributed by atoms with Crippen LogP contribution in [0.3, 0.4) is 0 Å². The lowest BCUT2D eigenvalue weighted by Gasteiger charge is -2.50. The van der Waals surface area contributed by atoms with Gasteiger partial charge in [0.15, 0.2) is 5.79 Å². The molecular formula is C17H30O3. The number of rotatable bonds is 5. The molecule has 0 aromatic heterocycles. The summed E-state index contributed by atoms with van der Waals surface area (Å²) in [7, 11) is 0. The van der Waals surface area contributed by atoms with Gasteiger partial charge in [-0.2, -0.15) is 0 Å². The molecule has 2 rings (SSSR count). The summed E-state index contributed by atoms with van der Waals surface area (Å²) in [6, 6.07) is 0. The minimum atomic E-state index is -0.544. The van der Waals surface area contributed by atoms with E-state index >= 15 is 0 Å². The molecule has 2 fully saturated rings. The van der Waals surface area contributed by atoms with Gasteiger partial charge in [0.05, 0.1) is 19.8 Å². The van der Waals surface area contributed by atoms with Crippen LogP contribution < -0.4 is 0 Å². The van der Waals surface area contributed by atoms with Crippen LogP contribution in [0, 0.1) is 10.8 Å². The molecule has 0 unspecified atom stereocenters. The Hall–Kier alpha value is -0.380. The van der Waals surface area contributed by atoms with Crippen LogP contribution in [0.5, 0.6) is 0 Å². The molecule has 0 aromatic rings. The van der Waals surface area contributed by atoms with Gasteiger partial charge in [0, 0.05) is 17.3 Å². The van der Waals surface area contributed by atoms with Crippen molar-refractivity contribution in [1.82, 2.24) is 0 Å². The molecule has 1 atom stereocenters. The molecule has 0 aromatic carbocycles. The molecule has 1 saturated carbocycles. The molecule has 0 amide bonds. The first-order valence-electron chi connectivity index (χ1n) is 8.03. The predicted molar refractivity (Wildman–Crippen MR) is 80.5 cm³/mol. The Labute approximate surface area is 123 Å². The monoisotopic (exact) mass is 282 g/mol. The largest absolute Gasteiger partial charge is 0.396 e. The van der Waals surface area contributed by atoms with Crippen molar-refractivity contribution in [3.63, 3.8) is 0 Å². The van der Waals surface area contributed by atoms with Gasteiger partial charge in [-0.15, -0.1) is 0 Å². The van der Waals surface area contributed by atoms with Crippen LogP contribution in [0.4, 0.5) is 0 Å². The smallest absolute Gasteiger partial charge is 0.176 e. The van der Waals surface area contributed by atoms with E-state index in [1.165, 1.54) is 0 Å². The van der Waals surface area contributed by atoms with Crippen LogP contribution in [-0.4, -0.2) is 30.7 Å². The van der Waals surface area contributed by atoms with Crippen LogP contribution in [0.15, 0.2) is 12.2 Å². The topological polar surface area (TPSA) is 38.7 Å². The van der Waals surface area contributed by atoms with Crippen molar-refractivity contribution in [2.45, 2.75) is 65.1 Å². The zero-order valence-corrected chi connectivity index (χ0v) is 13.3. The maximum Gasteiger partial charge on any atom is 0.176 e. The molecule has 3 heteroatoms. The fourth-order valence-electron chi connectivity index (χ4n) is 3.51. The molecule has 1 spiro atoms. The Morgan fingerprint density at radius 3 is 2.40 bits per heavy atom. The first-order valence-corrected chi connectivity index (χ1v) is 8.03. The number of hydrogen-bond donors (Lipinski definition) is 1. The Kier molecular flexibility index (Phi) is 4.93. The highest BCUT2D eigenvalue weighted by atomic mass is 16.7. The Morgan fingerprint density at radius 1 is 1.10 bits per heavy atom. The van der Waals surface area contributed by atoms with Crippen LogP contribution in [0.1, 0.15) is 59.3 Å². The fourth-order valence-corrected chi connectivity index (χ4v) is 3.51. The lowest BCUT2D eigenvalue weighted by Crippen LogP contribution is -2.56. The Balaban J connectivity index is 2.08. The lowest BCUT2D eigenvalue weighted by atomic mass is 9.76. The minimum absolute atomic E-state index is 0.0805. The first kappa shape index (κ1) is 16.0. The molecule has 1 heterocycles. The summed E-state index contributed by atoms with van der Waals surface area (Å²) in [5.74, 6) is -0.544. The van der Waals surface area contributed by atoms with Gasteiger partial charge in [0.1, 0.15) is 0 Å². The Bertz CT molecular complexity index is 338. The van der Waals surface area contributed by atoms with Crippen LogP contribution in [-0.2, 0) is 9.47 Å². The van der Waals surface area contributed by atoms with Crippen molar-refractivity contribution < 1.29 is 14.6 Å². The third kappa shape index (κ3) is 2.95. The van der Waals surface area contributed by atoms with E-state index in [9.17, 15) is 5.11 Å².